The van der Waals surface area contributed by atoms with Crippen molar-refractivity contribution < 1.29 is 4.79 Å². The SMILES string of the molecule is CCN(CC)CCNC(=O)CCCSc1ccc(Cl)cc1. The van der Waals surface area contributed by atoms with Crippen molar-refractivity contribution in [2.75, 3.05) is 31.9 Å². The number of carbonyl (C=O) groups is 1. The topological polar surface area (TPSA) is 32.3 Å². The van der Waals surface area contributed by atoms with Gasteiger partial charge in [0.25, 0.3) is 0 Å². The van der Waals surface area contributed by atoms with Gasteiger partial charge in [0, 0.05) is 29.4 Å². The van der Waals surface area contributed by atoms with E-state index in [1.807, 2.05) is 24.3 Å². The molecule has 21 heavy (non-hydrogen) atoms. The lowest BCUT2D eigenvalue weighted by Crippen LogP contribution is -2.34. The van der Waals surface area contributed by atoms with Crippen LogP contribution in [0.15, 0.2) is 29.2 Å². The summed E-state index contributed by atoms with van der Waals surface area (Å²) < 4.78 is 0. The molecular weight excluding hydrogens is 304 g/mol. The predicted octanol–water partition coefficient (Wildman–Crippen LogP) is 3.67. The van der Waals surface area contributed by atoms with Crippen LogP contribution in [-0.4, -0.2) is 42.7 Å². The van der Waals surface area contributed by atoms with Gasteiger partial charge < -0.3 is 10.2 Å². The number of amides is 1. The number of carbonyl (C=O) groups excluding carboxylic acids is 1. The minimum atomic E-state index is 0.152. The predicted molar refractivity (Wildman–Crippen MR) is 92.2 cm³/mol. The average Bonchev–Trinajstić information content (AvgIpc) is 2.50. The lowest BCUT2D eigenvalue weighted by molar-refractivity contribution is -0.121. The van der Waals surface area contributed by atoms with Crippen LogP contribution in [0.4, 0.5) is 0 Å². The van der Waals surface area contributed by atoms with Crippen molar-refractivity contribution in [3.05, 3.63) is 29.3 Å². The lowest BCUT2D eigenvalue weighted by atomic mass is 10.3. The molecule has 0 fully saturated rings. The zero-order valence-corrected chi connectivity index (χ0v) is 14.5. The Morgan fingerprint density at radius 3 is 2.52 bits per heavy atom. The van der Waals surface area contributed by atoms with E-state index >= 15 is 0 Å². The number of nitrogens with one attached hydrogen (secondary N) is 1. The van der Waals surface area contributed by atoms with Gasteiger partial charge in [0.05, 0.1) is 0 Å². The van der Waals surface area contributed by atoms with E-state index in [0.717, 1.165) is 43.4 Å². The van der Waals surface area contributed by atoms with Crippen LogP contribution in [0, 0.1) is 0 Å². The highest BCUT2D eigenvalue weighted by Crippen LogP contribution is 2.21. The van der Waals surface area contributed by atoms with Gasteiger partial charge in [0.1, 0.15) is 0 Å². The van der Waals surface area contributed by atoms with Gasteiger partial charge in [-0.25, -0.2) is 0 Å². The summed E-state index contributed by atoms with van der Waals surface area (Å²) in [5, 5.41) is 3.74. The van der Waals surface area contributed by atoms with E-state index in [0.29, 0.717) is 6.42 Å². The molecule has 0 atom stereocenters. The minimum absolute atomic E-state index is 0.152. The first-order chi connectivity index (χ1) is 10.2. The normalized spacial score (nSPS) is 10.9. The fourth-order valence-corrected chi connectivity index (χ4v) is 2.91. The first-order valence-corrected chi connectivity index (χ1v) is 8.89. The molecule has 1 N–H and O–H groups in total. The molecule has 1 amide bonds. The summed E-state index contributed by atoms with van der Waals surface area (Å²) in [6, 6.07) is 7.81. The van der Waals surface area contributed by atoms with Gasteiger partial charge in [-0.15, -0.1) is 11.8 Å². The molecule has 118 valence electrons. The molecule has 1 aromatic carbocycles. The molecule has 0 aliphatic heterocycles. The number of thioether (sulfide) groups is 1. The average molecular weight is 329 g/mol. The molecule has 5 heteroatoms. The standard InChI is InChI=1S/C16H25ClN2OS/c1-3-19(4-2)12-11-18-16(20)6-5-13-21-15-9-7-14(17)8-10-15/h7-10H,3-6,11-13H2,1-2H3,(H,18,20). The van der Waals surface area contributed by atoms with Gasteiger partial charge in [-0.05, 0) is 49.5 Å². The molecule has 1 aromatic rings. The van der Waals surface area contributed by atoms with Crippen molar-refractivity contribution >= 4 is 29.3 Å². The Labute approximate surface area is 137 Å². The smallest absolute Gasteiger partial charge is 0.220 e. The van der Waals surface area contributed by atoms with Crippen molar-refractivity contribution in [2.24, 2.45) is 0 Å². The summed E-state index contributed by atoms with van der Waals surface area (Å²) >= 11 is 7.60. The number of hydrogen-bond donors (Lipinski definition) is 1. The molecule has 0 aliphatic rings. The molecule has 0 unspecified atom stereocenters. The summed E-state index contributed by atoms with van der Waals surface area (Å²) in [6.07, 6.45) is 1.49. The monoisotopic (exact) mass is 328 g/mol. The third-order valence-electron chi connectivity index (χ3n) is 3.28. The minimum Gasteiger partial charge on any atom is -0.355 e. The maximum Gasteiger partial charge on any atom is 0.220 e. The molecule has 0 spiro atoms. The number of halogens is 1. The summed E-state index contributed by atoms with van der Waals surface area (Å²) in [6.45, 7) is 8.01. The second kappa shape index (κ2) is 10.9. The molecule has 1 rings (SSSR count). The van der Waals surface area contributed by atoms with E-state index in [4.69, 9.17) is 11.6 Å². The van der Waals surface area contributed by atoms with E-state index < -0.39 is 0 Å². The van der Waals surface area contributed by atoms with Crippen molar-refractivity contribution in [1.29, 1.82) is 0 Å². The number of rotatable bonds is 10. The molecular formula is C16H25ClN2OS. The molecule has 0 bridgehead atoms. The number of hydrogen-bond acceptors (Lipinski definition) is 3. The van der Waals surface area contributed by atoms with E-state index in [2.05, 4.69) is 24.1 Å². The van der Waals surface area contributed by atoms with Gasteiger partial charge in [0.2, 0.25) is 5.91 Å². The van der Waals surface area contributed by atoms with E-state index in [-0.39, 0.29) is 5.91 Å². The van der Waals surface area contributed by atoms with Gasteiger partial charge in [-0.2, -0.15) is 0 Å². The zero-order chi connectivity index (χ0) is 15.5. The van der Waals surface area contributed by atoms with Gasteiger partial charge in [-0.1, -0.05) is 25.4 Å². The van der Waals surface area contributed by atoms with Crippen molar-refractivity contribution in [3.8, 4) is 0 Å². The fraction of sp³-hybridized carbons (Fsp3) is 0.562. The molecule has 0 saturated heterocycles. The van der Waals surface area contributed by atoms with Crippen LogP contribution >= 0.6 is 23.4 Å². The maximum absolute atomic E-state index is 11.7. The van der Waals surface area contributed by atoms with Crippen molar-refractivity contribution in [2.45, 2.75) is 31.6 Å². The van der Waals surface area contributed by atoms with Crippen LogP contribution in [0.1, 0.15) is 26.7 Å². The number of nitrogens with zero attached hydrogens (tertiary/aromatic N) is 1. The first kappa shape index (κ1) is 18.3. The Bertz CT molecular complexity index is 407. The van der Waals surface area contributed by atoms with Gasteiger partial charge in [-0.3, -0.25) is 4.79 Å². The quantitative estimate of drug-likeness (QED) is 0.525. The summed E-state index contributed by atoms with van der Waals surface area (Å²) in [5.74, 6) is 1.10. The fourth-order valence-electron chi connectivity index (χ4n) is 1.94. The first-order valence-electron chi connectivity index (χ1n) is 7.53. The molecule has 0 saturated carbocycles. The molecule has 0 heterocycles. The van der Waals surface area contributed by atoms with Crippen LogP contribution in [0.2, 0.25) is 5.02 Å². The van der Waals surface area contributed by atoms with Gasteiger partial charge in [0.15, 0.2) is 0 Å². The lowest BCUT2D eigenvalue weighted by Gasteiger charge is -2.17. The highest BCUT2D eigenvalue weighted by molar-refractivity contribution is 7.99. The van der Waals surface area contributed by atoms with Crippen LogP contribution in [0.5, 0.6) is 0 Å². The van der Waals surface area contributed by atoms with Crippen LogP contribution in [0.3, 0.4) is 0 Å². The Morgan fingerprint density at radius 1 is 1.24 bits per heavy atom. The second-order valence-electron chi connectivity index (χ2n) is 4.78. The Kier molecular flexibility index (Phi) is 9.55. The number of benzene rings is 1. The second-order valence-corrected chi connectivity index (χ2v) is 6.39. The molecule has 0 aromatic heterocycles. The Morgan fingerprint density at radius 2 is 1.90 bits per heavy atom. The van der Waals surface area contributed by atoms with E-state index in [9.17, 15) is 4.79 Å². The highest BCUT2D eigenvalue weighted by Gasteiger charge is 2.03. The Hall–Kier alpha value is -0.710. The van der Waals surface area contributed by atoms with E-state index in [1.165, 1.54) is 4.90 Å². The third-order valence-corrected chi connectivity index (χ3v) is 4.63. The van der Waals surface area contributed by atoms with Crippen molar-refractivity contribution in [3.63, 3.8) is 0 Å². The van der Waals surface area contributed by atoms with Crippen molar-refractivity contribution in [1.82, 2.24) is 10.2 Å². The third kappa shape index (κ3) is 8.34. The van der Waals surface area contributed by atoms with Crippen LogP contribution in [-0.2, 0) is 4.79 Å². The summed E-state index contributed by atoms with van der Waals surface area (Å²) in [5.41, 5.74) is 0. The molecule has 0 aliphatic carbocycles. The van der Waals surface area contributed by atoms with Crippen LogP contribution < -0.4 is 5.32 Å². The Balaban J connectivity index is 2.06. The van der Waals surface area contributed by atoms with E-state index in [1.54, 1.807) is 11.8 Å². The zero-order valence-electron chi connectivity index (χ0n) is 12.9. The summed E-state index contributed by atoms with van der Waals surface area (Å²) in [4.78, 5) is 15.2. The number of likely N-dealkylation sites (N-methyl/N-ethyl adjacent to an activating group) is 1. The largest absolute Gasteiger partial charge is 0.355 e. The van der Waals surface area contributed by atoms with Crippen LogP contribution in [0.25, 0.3) is 0 Å². The van der Waals surface area contributed by atoms with Gasteiger partial charge >= 0.3 is 0 Å². The maximum atomic E-state index is 11.7. The summed E-state index contributed by atoms with van der Waals surface area (Å²) in [7, 11) is 0. The highest BCUT2D eigenvalue weighted by atomic mass is 35.5. The molecule has 3 nitrogen and oxygen atoms in total. The molecule has 0 radical (unpaired) electrons.